The van der Waals surface area contributed by atoms with Crippen molar-refractivity contribution in [2.75, 3.05) is 26.2 Å². The Hall–Kier alpha value is -0.610. The number of carbonyl (C=O) groups excluding carboxylic acids is 1. The molecule has 2 N–H and O–H groups in total. The lowest BCUT2D eigenvalue weighted by molar-refractivity contribution is -0.134. The van der Waals surface area contributed by atoms with Crippen molar-refractivity contribution in [3.05, 3.63) is 0 Å². The van der Waals surface area contributed by atoms with Gasteiger partial charge in [-0.25, -0.2) is 0 Å². The fraction of sp³-hybridized carbons (Fsp3) is 0.929. The molecule has 1 atom stereocenters. The number of rotatable bonds is 7. The Bertz CT molecular complexity index is 238. The van der Waals surface area contributed by atoms with Crippen molar-refractivity contribution in [2.45, 2.75) is 52.1 Å². The Labute approximate surface area is 111 Å². The number of amides is 1. The molecule has 0 aliphatic carbocycles. The molecule has 0 radical (unpaired) electrons. The number of hydrogen-bond acceptors (Lipinski definition) is 3. The van der Waals surface area contributed by atoms with Gasteiger partial charge in [-0.2, -0.15) is 0 Å². The third kappa shape index (κ3) is 5.36. The first-order valence-electron chi connectivity index (χ1n) is 7.26. The van der Waals surface area contributed by atoms with Gasteiger partial charge in [0.1, 0.15) is 0 Å². The monoisotopic (exact) mass is 256 g/mol. The summed E-state index contributed by atoms with van der Waals surface area (Å²) in [7, 11) is 0. The van der Waals surface area contributed by atoms with Gasteiger partial charge in [0.05, 0.1) is 6.10 Å². The van der Waals surface area contributed by atoms with Crippen molar-refractivity contribution in [1.29, 1.82) is 0 Å². The molecule has 1 aliphatic rings. The minimum Gasteiger partial charge on any atom is -0.378 e. The summed E-state index contributed by atoms with van der Waals surface area (Å²) in [4.78, 5) is 14.0. The molecule has 0 spiro atoms. The van der Waals surface area contributed by atoms with E-state index < -0.39 is 0 Å². The molecule has 0 saturated carbocycles. The van der Waals surface area contributed by atoms with Gasteiger partial charge in [-0.05, 0) is 31.7 Å². The van der Waals surface area contributed by atoms with Crippen LogP contribution in [0.5, 0.6) is 0 Å². The van der Waals surface area contributed by atoms with Gasteiger partial charge in [-0.3, -0.25) is 4.79 Å². The zero-order valence-electron chi connectivity index (χ0n) is 11.9. The van der Waals surface area contributed by atoms with E-state index in [9.17, 15) is 4.79 Å². The minimum atomic E-state index is 0.310. The quantitative estimate of drug-likeness (QED) is 0.706. The predicted octanol–water partition coefficient (Wildman–Crippen LogP) is 1.78. The van der Waals surface area contributed by atoms with Gasteiger partial charge < -0.3 is 15.4 Å². The van der Waals surface area contributed by atoms with E-state index in [0.29, 0.717) is 30.9 Å². The maximum Gasteiger partial charge on any atom is 0.222 e. The second kappa shape index (κ2) is 8.48. The van der Waals surface area contributed by atoms with Crippen LogP contribution in [0.1, 0.15) is 46.0 Å². The van der Waals surface area contributed by atoms with E-state index in [1.807, 2.05) is 4.90 Å². The smallest absolute Gasteiger partial charge is 0.222 e. The number of likely N-dealkylation sites (tertiary alicyclic amines) is 1. The Morgan fingerprint density at radius 1 is 1.44 bits per heavy atom. The minimum absolute atomic E-state index is 0.310. The summed E-state index contributed by atoms with van der Waals surface area (Å²) >= 11 is 0. The topological polar surface area (TPSA) is 55.6 Å². The van der Waals surface area contributed by atoms with Crippen LogP contribution in [-0.2, 0) is 9.53 Å². The first-order chi connectivity index (χ1) is 8.67. The van der Waals surface area contributed by atoms with Crippen LogP contribution >= 0.6 is 0 Å². The number of nitrogens with zero attached hydrogens (tertiary/aromatic N) is 1. The highest BCUT2D eigenvalue weighted by Crippen LogP contribution is 2.17. The summed E-state index contributed by atoms with van der Waals surface area (Å²) in [5.74, 6) is 0.806. The van der Waals surface area contributed by atoms with Crippen LogP contribution in [0.15, 0.2) is 0 Å². The van der Waals surface area contributed by atoms with E-state index in [0.717, 1.165) is 45.4 Å². The standard InChI is InChI=1S/C14H28N2O2/c1-3-12(2)11-14(17)16-8-5-13(6-9-16)18-10-4-7-15/h12-13H,3-11,15H2,1-2H3. The Balaban J connectivity index is 2.20. The van der Waals surface area contributed by atoms with Gasteiger partial charge in [-0.15, -0.1) is 0 Å². The molecule has 1 saturated heterocycles. The van der Waals surface area contributed by atoms with E-state index in [4.69, 9.17) is 10.5 Å². The number of hydrogen-bond donors (Lipinski definition) is 1. The molecule has 0 aromatic carbocycles. The molecule has 4 heteroatoms. The molecule has 4 nitrogen and oxygen atoms in total. The van der Waals surface area contributed by atoms with Crippen molar-refractivity contribution in [3.8, 4) is 0 Å². The Morgan fingerprint density at radius 2 is 2.11 bits per heavy atom. The molecule has 0 aromatic rings. The average molecular weight is 256 g/mol. The van der Waals surface area contributed by atoms with Crippen molar-refractivity contribution in [3.63, 3.8) is 0 Å². The predicted molar refractivity (Wildman–Crippen MR) is 73.3 cm³/mol. The van der Waals surface area contributed by atoms with Crippen molar-refractivity contribution in [2.24, 2.45) is 11.7 Å². The second-order valence-electron chi connectivity index (χ2n) is 5.31. The normalized spacial score (nSPS) is 18.9. The van der Waals surface area contributed by atoms with E-state index in [-0.39, 0.29) is 0 Å². The van der Waals surface area contributed by atoms with Gasteiger partial charge in [0.2, 0.25) is 5.91 Å². The highest BCUT2D eigenvalue weighted by atomic mass is 16.5. The Kier molecular flexibility index (Phi) is 7.28. The second-order valence-corrected chi connectivity index (χ2v) is 5.31. The summed E-state index contributed by atoms with van der Waals surface area (Å²) in [6.07, 6.45) is 4.95. The maximum atomic E-state index is 12.0. The molecule has 1 fully saturated rings. The molecule has 18 heavy (non-hydrogen) atoms. The number of ether oxygens (including phenoxy) is 1. The molecule has 1 heterocycles. The van der Waals surface area contributed by atoms with E-state index in [1.165, 1.54) is 0 Å². The number of carbonyl (C=O) groups is 1. The highest BCUT2D eigenvalue weighted by Gasteiger charge is 2.23. The molecular weight excluding hydrogens is 228 g/mol. The van der Waals surface area contributed by atoms with Crippen LogP contribution in [-0.4, -0.2) is 43.2 Å². The van der Waals surface area contributed by atoms with Crippen LogP contribution in [0.25, 0.3) is 0 Å². The summed E-state index contributed by atoms with van der Waals surface area (Å²) in [5.41, 5.74) is 5.43. The zero-order valence-corrected chi connectivity index (χ0v) is 11.9. The van der Waals surface area contributed by atoms with Gasteiger partial charge in [0, 0.05) is 26.1 Å². The highest BCUT2D eigenvalue weighted by molar-refractivity contribution is 5.76. The van der Waals surface area contributed by atoms with E-state index in [2.05, 4.69) is 13.8 Å². The van der Waals surface area contributed by atoms with Gasteiger partial charge in [-0.1, -0.05) is 20.3 Å². The lowest BCUT2D eigenvalue weighted by Crippen LogP contribution is -2.41. The maximum absolute atomic E-state index is 12.0. The number of nitrogens with two attached hydrogens (primary N) is 1. The molecule has 1 aliphatic heterocycles. The third-order valence-electron chi connectivity index (χ3n) is 3.72. The van der Waals surface area contributed by atoms with Crippen LogP contribution in [0.4, 0.5) is 0 Å². The zero-order chi connectivity index (χ0) is 13.4. The Morgan fingerprint density at radius 3 is 2.67 bits per heavy atom. The summed E-state index contributed by atoms with van der Waals surface area (Å²) < 4.78 is 5.74. The summed E-state index contributed by atoms with van der Waals surface area (Å²) in [5, 5.41) is 0. The first kappa shape index (κ1) is 15.4. The average Bonchev–Trinajstić information content (AvgIpc) is 2.39. The molecule has 0 bridgehead atoms. The molecular formula is C14H28N2O2. The molecule has 1 amide bonds. The molecule has 1 unspecified atom stereocenters. The lowest BCUT2D eigenvalue weighted by atomic mass is 10.0. The molecule has 0 aromatic heterocycles. The van der Waals surface area contributed by atoms with E-state index in [1.54, 1.807) is 0 Å². The largest absolute Gasteiger partial charge is 0.378 e. The van der Waals surface area contributed by atoms with Crippen LogP contribution in [0, 0.1) is 5.92 Å². The summed E-state index contributed by atoms with van der Waals surface area (Å²) in [6, 6.07) is 0. The summed E-state index contributed by atoms with van der Waals surface area (Å²) in [6.45, 7) is 7.41. The SMILES string of the molecule is CCC(C)CC(=O)N1CCC(OCCCN)CC1. The molecule has 106 valence electrons. The van der Waals surface area contributed by atoms with Crippen molar-refractivity contribution in [1.82, 2.24) is 4.90 Å². The van der Waals surface area contributed by atoms with Gasteiger partial charge in [0.15, 0.2) is 0 Å². The lowest BCUT2D eigenvalue weighted by Gasteiger charge is -2.32. The van der Waals surface area contributed by atoms with Crippen LogP contribution in [0.2, 0.25) is 0 Å². The van der Waals surface area contributed by atoms with Crippen molar-refractivity contribution < 1.29 is 9.53 Å². The van der Waals surface area contributed by atoms with Gasteiger partial charge >= 0.3 is 0 Å². The fourth-order valence-corrected chi connectivity index (χ4v) is 2.18. The molecule has 1 rings (SSSR count). The van der Waals surface area contributed by atoms with Crippen molar-refractivity contribution >= 4 is 5.91 Å². The van der Waals surface area contributed by atoms with Crippen LogP contribution < -0.4 is 5.73 Å². The van der Waals surface area contributed by atoms with Gasteiger partial charge in [0.25, 0.3) is 0 Å². The van der Waals surface area contributed by atoms with E-state index >= 15 is 0 Å². The number of piperidine rings is 1. The van der Waals surface area contributed by atoms with Crippen LogP contribution in [0.3, 0.4) is 0 Å². The fourth-order valence-electron chi connectivity index (χ4n) is 2.18. The first-order valence-corrected chi connectivity index (χ1v) is 7.26. The third-order valence-corrected chi connectivity index (χ3v) is 3.72.